The van der Waals surface area contributed by atoms with Crippen LogP contribution >= 0.6 is 0 Å². The fourth-order valence-corrected chi connectivity index (χ4v) is 4.47. The number of carbonyl (C=O) groups is 1. The summed E-state index contributed by atoms with van der Waals surface area (Å²) in [6, 6.07) is 5.67. The molecule has 1 fully saturated rings. The van der Waals surface area contributed by atoms with Crippen molar-refractivity contribution in [1.82, 2.24) is 9.21 Å². The number of sulfonamides is 1. The Morgan fingerprint density at radius 1 is 1.20 bits per heavy atom. The summed E-state index contributed by atoms with van der Waals surface area (Å²) >= 11 is 0. The maximum Gasteiger partial charge on any atom is 0.257 e. The molecular formula is C18H28N2O4S. The van der Waals surface area contributed by atoms with Crippen LogP contribution in [0.2, 0.25) is 0 Å². The molecule has 1 saturated heterocycles. The predicted molar refractivity (Wildman–Crippen MR) is 98.6 cm³/mol. The number of piperazine rings is 1. The monoisotopic (exact) mass is 368 g/mol. The molecule has 2 rings (SSSR count). The van der Waals surface area contributed by atoms with Crippen LogP contribution < -0.4 is 4.74 Å². The van der Waals surface area contributed by atoms with E-state index in [-0.39, 0.29) is 11.7 Å². The van der Waals surface area contributed by atoms with E-state index in [4.69, 9.17) is 4.74 Å². The second-order valence-corrected chi connectivity index (χ2v) is 8.71. The summed E-state index contributed by atoms with van der Waals surface area (Å²) in [5.41, 5.74) is 1.62. The Kier molecular flexibility index (Phi) is 6.46. The van der Waals surface area contributed by atoms with Crippen molar-refractivity contribution in [2.45, 2.75) is 33.1 Å². The van der Waals surface area contributed by atoms with Gasteiger partial charge in [-0.1, -0.05) is 26.8 Å². The van der Waals surface area contributed by atoms with E-state index in [9.17, 15) is 13.2 Å². The highest BCUT2D eigenvalue weighted by atomic mass is 32.2. The molecule has 0 saturated carbocycles. The second-order valence-electron chi connectivity index (χ2n) is 6.62. The first-order valence-electron chi connectivity index (χ1n) is 8.75. The van der Waals surface area contributed by atoms with Crippen LogP contribution in [-0.2, 0) is 10.0 Å². The summed E-state index contributed by atoms with van der Waals surface area (Å²) in [6.07, 6.45) is 0.598. The van der Waals surface area contributed by atoms with Crippen LogP contribution in [0.4, 0.5) is 0 Å². The largest absolute Gasteiger partial charge is 0.496 e. The molecule has 1 aromatic rings. The standard InChI is InChI=1S/C18H28N2O4S/c1-5-12-25(22,23)20-10-8-19(9-11-20)18(21)16-13-15(14(2)3)6-7-17(16)24-4/h6-7,13-14H,5,8-12H2,1-4H3. The van der Waals surface area contributed by atoms with Gasteiger partial charge < -0.3 is 9.64 Å². The molecule has 140 valence electrons. The molecule has 25 heavy (non-hydrogen) atoms. The van der Waals surface area contributed by atoms with Crippen LogP contribution in [0.5, 0.6) is 5.75 Å². The van der Waals surface area contributed by atoms with Crippen LogP contribution in [0.15, 0.2) is 18.2 Å². The van der Waals surface area contributed by atoms with Gasteiger partial charge in [0.15, 0.2) is 0 Å². The van der Waals surface area contributed by atoms with E-state index in [1.807, 2.05) is 25.1 Å². The van der Waals surface area contributed by atoms with E-state index in [0.717, 1.165) is 5.56 Å². The van der Waals surface area contributed by atoms with Gasteiger partial charge in [-0.25, -0.2) is 8.42 Å². The number of amides is 1. The van der Waals surface area contributed by atoms with Gasteiger partial charge in [-0.15, -0.1) is 0 Å². The number of methoxy groups -OCH3 is 1. The first kappa shape index (κ1) is 19.7. The summed E-state index contributed by atoms with van der Waals surface area (Å²) in [5, 5.41) is 0. The third-order valence-corrected chi connectivity index (χ3v) is 6.58. The maximum absolute atomic E-state index is 12.9. The molecule has 6 nitrogen and oxygen atoms in total. The Bertz CT molecular complexity index is 708. The Labute approximate surface area is 150 Å². The van der Waals surface area contributed by atoms with E-state index in [1.165, 1.54) is 4.31 Å². The summed E-state index contributed by atoms with van der Waals surface area (Å²) in [5.74, 6) is 0.918. The molecule has 7 heteroatoms. The molecule has 1 aliphatic rings. The molecule has 0 atom stereocenters. The highest BCUT2D eigenvalue weighted by Crippen LogP contribution is 2.26. The lowest BCUT2D eigenvalue weighted by molar-refractivity contribution is 0.0694. The van der Waals surface area contributed by atoms with Crippen LogP contribution in [0, 0.1) is 0 Å². The third kappa shape index (κ3) is 4.52. The molecule has 0 aromatic heterocycles. The third-order valence-electron chi connectivity index (χ3n) is 4.50. The fraction of sp³-hybridized carbons (Fsp3) is 0.611. The number of rotatable bonds is 6. The van der Waals surface area contributed by atoms with Crippen LogP contribution in [0.3, 0.4) is 0 Å². The van der Waals surface area contributed by atoms with Gasteiger partial charge in [-0.2, -0.15) is 4.31 Å². The number of hydrogen-bond donors (Lipinski definition) is 0. The molecule has 0 N–H and O–H groups in total. The van der Waals surface area contributed by atoms with E-state index in [2.05, 4.69) is 13.8 Å². The Hall–Kier alpha value is -1.60. The highest BCUT2D eigenvalue weighted by Gasteiger charge is 2.29. The topological polar surface area (TPSA) is 66.9 Å². The van der Waals surface area contributed by atoms with Crippen molar-refractivity contribution in [2.75, 3.05) is 39.0 Å². The quantitative estimate of drug-likeness (QED) is 0.773. The Morgan fingerprint density at radius 2 is 1.84 bits per heavy atom. The van der Waals surface area contributed by atoms with Gasteiger partial charge in [0, 0.05) is 26.2 Å². The van der Waals surface area contributed by atoms with E-state index >= 15 is 0 Å². The molecule has 1 heterocycles. The highest BCUT2D eigenvalue weighted by molar-refractivity contribution is 7.89. The lowest BCUT2D eigenvalue weighted by Gasteiger charge is -2.34. The lowest BCUT2D eigenvalue weighted by Crippen LogP contribution is -2.51. The lowest BCUT2D eigenvalue weighted by atomic mass is 9.99. The van der Waals surface area contributed by atoms with Crippen LogP contribution in [0.25, 0.3) is 0 Å². The molecule has 1 aliphatic heterocycles. The summed E-state index contributed by atoms with van der Waals surface area (Å²) in [4.78, 5) is 14.6. The molecule has 1 aromatic carbocycles. The number of carbonyl (C=O) groups excluding carboxylic acids is 1. The van der Waals surface area contributed by atoms with Crippen molar-refractivity contribution in [3.8, 4) is 5.75 Å². The Morgan fingerprint density at radius 3 is 2.36 bits per heavy atom. The van der Waals surface area contributed by atoms with E-state index < -0.39 is 10.0 Å². The van der Waals surface area contributed by atoms with Crippen molar-refractivity contribution in [1.29, 1.82) is 0 Å². The zero-order valence-electron chi connectivity index (χ0n) is 15.5. The molecular weight excluding hydrogens is 340 g/mol. The van der Waals surface area contributed by atoms with Gasteiger partial charge in [-0.05, 0) is 30.0 Å². The smallest absolute Gasteiger partial charge is 0.257 e. The zero-order valence-corrected chi connectivity index (χ0v) is 16.3. The number of hydrogen-bond acceptors (Lipinski definition) is 4. The minimum absolute atomic E-state index is 0.105. The number of ether oxygens (including phenoxy) is 1. The van der Waals surface area contributed by atoms with Gasteiger partial charge in [-0.3, -0.25) is 4.79 Å². The average Bonchev–Trinajstić information content (AvgIpc) is 2.60. The van der Waals surface area contributed by atoms with Crippen molar-refractivity contribution >= 4 is 15.9 Å². The minimum atomic E-state index is -3.21. The predicted octanol–water partition coefficient (Wildman–Crippen LogP) is 2.32. The molecule has 0 unspecified atom stereocenters. The molecule has 0 bridgehead atoms. The van der Waals surface area contributed by atoms with Crippen molar-refractivity contribution in [2.24, 2.45) is 0 Å². The summed E-state index contributed by atoms with van der Waals surface area (Å²) < 4.78 is 31.1. The van der Waals surface area contributed by atoms with Gasteiger partial charge in [0.25, 0.3) is 5.91 Å². The second kappa shape index (κ2) is 8.19. The van der Waals surface area contributed by atoms with E-state index in [1.54, 1.807) is 12.0 Å². The zero-order chi connectivity index (χ0) is 18.6. The molecule has 1 amide bonds. The van der Waals surface area contributed by atoms with Gasteiger partial charge >= 0.3 is 0 Å². The van der Waals surface area contributed by atoms with Crippen molar-refractivity contribution < 1.29 is 17.9 Å². The van der Waals surface area contributed by atoms with Crippen LogP contribution in [-0.4, -0.2) is 62.6 Å². The van der Waals surface area contributed by atoms with Gasteiger partial charge in [0.2, 0.25) is 10.0 Å². The minimum Gasteiger partial charge on any atom is -0.496 e. The Balaban J connectivity index is 2.14. The molecule has 0 aliphatic carbocycles. The fourth-order valence-electron chi connectivity index (χ4n) is 2.98. The van der Waals surface area contributed by atoms with Crippen molar-refractivity contribution in [3.05, 3.63) is 29.3 Å². The molecule has 0 spiro atoms. The summed E-state index contributed by atoms with van der Waals surface area (Å²) in [7, 11) is -1.66. The van der Waals surface area contributed by atoms with Crippen molar-refractivity contribution in [3.63, 3.8) is 0 Å². The normalized spacial score (nSPS) is 16.3. The van der Waals surface area contributed by atoms with Crippen LogP contribution in [0.1, 0.15) is 49.0 Å². The maximum atomic E-state index is 12.9. The van der Waals surface area contributed by atoms with E-state index in [0.29, 0.717) is 49.8 Å². The number of nitrogens with zero attached hydrogens (tertiary/aromatic N) is 2. The molecule has 0 radical (unpaired) electrons. The number of benzene rings is 1. The summed E-state index contributed by atoms with van der Waals surface area (Å²) in [6.45, 7) is 7.50. The SMILES string of the molecule is CCCS(=O)(=O)N1CCN(C(=O)c2cc(C(C)C)ccc2OC)CC1. The first-order valence-corrected chi connectivity index (χ1v) is 10.4. The average molecular weight is 368 g/mol. The van der Waals surface area contributed by atoms with Gasteiger partial charge in [0.1, 0.15) is 5.75 Å². The first-order chi connectivity index (χ1) is 11.8. The van der Waals surface area contributed by atoms with Gasteiger partial charge in [0.05, 0.1) is 18.4 Å².